The summed E-state index contributed by atoms with van der Waals surface area (Å²) >= 11 is 0. The number of piperazine rings is 1. The second-order valence-corrected chi connectivity index (χ2v) is 6.15. The molecule has 5 nitrogen and oxygen atoms in total. The third-order valence-electron chi connectivity index (χ3n) is 4.63. The van der Waals surface area contributed by atoms with Gasteiger partial charge in [0, 0.05) is 39.3 Å². The summed E-state index contributed by atoms with van der Waals surface area (Å²) in [5, 5.41) is 0. The number of amides is 2. The van der Waals surface area contributed by atoms with Gasteiger partial charge in [0.25, 0.3) is 0 Å². The predicted molar refractivity (Wildman–Crippen MR) is 88.6 cm³/mol. The van der Waals surface area contributed by atoms with Crippen LogP contribution >= 0.6 is 0 Å². The molecule has 23 heavy (non-hydrogen) atoms. The molecule has 122 valence electrons. The normalized spacial score (nSPS) is 23.5. The first-order valence-electron chi connectivity index (χ1n) is 8.14. The summed E-state index contributed by atoms with van der Waals surface area (Å²) in [6, 6.07) is 10.1. The second-order valence-electron chi connectivity index (χ2n) is 6.15. The maximum Gasteiger partial charge on any atom is 0.247 e. The summed E-state index contributed by atoms with van der Waals surface area (Å²) in [7, 11) is 0. The fourth-order valence-electron chi connectivity index (χ4n) is 3.35. The molecule has 0 unspecified atom stereocenters. The molecule has 2 saturated heterocycles. The smallest absolute Gasteiger partial charge is 0.247 e. The quantitative estimate of drug-likeness (QED) is 0.603. The van der Waals surface area contributed by atoms with Crippen LogP contribution in [-0.4, -0.2) is 65.3 Å². The maximum absolute atomic E-state index is 12.4. The van der Waals surface area contributed by atoms with Crippen molar-refractivity contribution < 1.29 is 9.59 Å². The first-order chi connectivity index (χ1) is 11.2. The lowest BCUT2D eigenvalue weighted by Gasteiger charge is -2.37. The molecule has 1 aromatic rings. The average molecular weight is 313 g/mol. The van der Waals surface area contributed by atoms with Crippen LogP contribution in [-0.2, 0) is 16.1 Å². The molecule has 1 aromatic carbocycles. The van der Waals surface area contributed by atoms with Gasteiger partial charge in [-0.2, -0.15) is 0 Å². The van der Waals surface area contributed by atoms with Crippen LogP contribution in [0, 0.1) is 0 Å². The number of hydrogen-bond donors (Lipinski definition) is 0. The lowest BCUT2D eigenvalue weighted by atomic mass is 10.1. The number of benzene rings is 1. The zero-order valence-corrected chi connectivity index (χ0v) is 13.4. The largest absolute Gasteiger partial charge is 0.297 e. The highest BCUT2D eigenvalue weighted by Crippen LogP contribution is 2.20. The van der Waals surface area contributed by atoms with Crippen LogP contribution < -0.4 is 0 Å². The zero-order valence-electron chi connectivity index (χ0n) is 13.4. The third-order valence-corrected chi connectivity index (χ3v) is 4.63. The Morgan fingerprint density at radius 2 is 1.78 bits per heavy atom. The number of nitrogens with zero attached hydrogens (tertiary/aromatic N) is 3. The molecular formula is C18H23N3O2. The number of hydrogen-bond acceptors (Lipinski definition) is 4. The molecule has 3 rings (SSSR count). The third kappa shape index (κ3) is 3.51. The van der Waals surface area contributed by atoms with Crippen molar-refractivity contribution in [2.75, 3.05) is 32.7 Å². The lowest BCUT2D eigenvalue weighted by Crippen LogP contribution is -2.52. The SMILES string of the molecule is C=CCN1C(=O)C[C@H](N2CCN(Cc3ccccc3)CC2)C1=O. The Morgan fingerprint density at radius 3 is 2.43 bits per heavy atom. The van der Waals surface area contributed by atoms with Crippen LogP contribution in [0.15, 0.2) is 43.0 Å². The van der Waals surface area contributed by atoms with Crippen molar-refractivity contribution in [1.29, 1.82) is 0 Å². The number of imide groups is 1. The average Bonchev–Trinajstić information content (AvgIpc) is 2.85. The van der Waals surface area contributed by atoms with E-state index in [9.17, 15) is 9.59 Å². The molecule has 5 heteroatoms. The fourth-order valence-corrected chi connectivity index (χ4v) is 3.35. The van der Waals surface area contributed by atoms with Gasteiger partial charge in [-0.15, -0.1) is 6.58 Å². The van der Waals surface area contributed by atoms with Crippen molar-refractivity contribution in [2.45, 2.75) is 19.0 Å². The minimum Gasteiger partial charge on any atom is -0.297 e. The Balaban J connectivity index is 1.54. The van der Waals surface area contributed by atoms with E-state index in [2.05, 4.69) is 40.6 Å². The van der Waals surface area contributed by atoms with E-state index in [0.29, 0.717) is 13.0 Å². The molecule has 0 bridgehead atoms. The van der Waals surface area contributed by atoms with Crippen molar-refractivity contribution in [3.8, 4) is 0 Å². The molecular weight excluding hydrogens is 290 g/mol. The van der Waals surface area contributed by atoms with Crippen molar-refractivity contribution >= 4 is 11.8 Å². The Labute approximate surface area is 137 Å². The van der Waals surface area contributed by atoms with Crippen molar-refractivity contribution in [2.24, 2.45) is 0 Å². The topological polar surface area (TPSA) is 43.9 Å². The summed E-state index contributed by atoms with van der Waals surface area (Å²) in [5.41, 5.74) is 1.31. The highest BCUT2D eigenvalue weighted by molar-refractivity contribution is 6.05. The van der Waals surface area contributed by atoms with E-state index < -0.39 is 0 Å². The Morgan fingerprint density at radius 1 is 1.09 bits per heavy atom. The van der Waals surface area contributed by atoms with Gasteiger partial charge >= 0.3 is 0 Å². The van der Waals surface area contributed by atoms with Gasteiger partial charge < -0.3 is 0 Å². The van der Waals surface area contributed by atoms with Gasteiger partial charge in [0.05, 0.1) is 12.5 Å². The Hall–Kier alpha value is -1.98. The second kappa shape index (κ2) is 7.06. The summed E-state index contributed by atoms with van der Waals surface area (Å²) in [5.74, 6) is -0.141. The van der Waals surface area contributed by atoms with E-state index in [1.54, 1.807) is 6.08 Å². The maximum atomic E-state index is 12.4. The van der Waals surface area contributed by atoms with Crippen molar-refractivity contribution in [3.63, 3.8) is 0 Å². The van der Waals surface area contributed by atoms with E-state index in [1.807, 2.05) is 6.07 Å². The number of likely N-dealkylation sites (tertiary alicyclic amines) is 1. The lowest BCUT2D eigenvalue weighted by molar-refractivity contribution is -0.139. The number of rotatable bonds is 5. The van der Waals surface area contributed by atoms with Crippen LogP contribution in [0.1, 0.15) is 12.0 Å². The summed E-state index contributed by atoms with van der Waals surface area (Å²) in [6.07, 6.45) is 1.92. The summed E-state index contributed by atoms with van der Waals surface area (Å²) < 4.78 is 0. The molecule has 2 fully saturated rings. The highest BCUT2D eigenvalue weighted by atomic mass is 16.2. The molecule has 2 aliphatic heterocycles. The molecule has 0 saturated carbocycles. The van der Waals surface area contributed by atoms with Crippen molar-refractivity contribution in [3.05, 3.63) is 48.6 Å². The number of carbonyl (C=O) groups is 2. The van der Waals surface area contributed by atoms with Gasteiger partial charge in [-0.3, -0.25) is 24.3 Å². The standard InChI is InChI=1S/C18H23N3O2/c1-2-8-21-17(22)13-16(18(21)23)20-11-9-19(10-12-20)14-15-6-4-3-5-7-15/h2-7,16H,1,8-14H2/t16-/m0/s1. The first kappa shape index (κ1) is 15.9. The fraction of sp³-hybridized carbons (Fsp3) is 0.444. The van der Waals surface area contributed by atoms with Gasteiger partial charge in [0.15, 0.2) is 0 Å². The molecule has 1 atom stereocenters. The Bertz CT molecular complexity index is 579. The highest BCUT2D eigenvalue weighted by Gasteiger charge is 2.41. The van der Waals surface area contributed by atoms with E-state index >= 15 is 0 Å². The van der Waals surface area contributed by atoms with Crippen molar-refractivity contribution in [1.82, 2.24) is 14.7 Å². The van der Waals surface area contributed by atoms with E-state index in [1.165, 1.54) is 10.5 Å². The van der Waals surface area contributed by atoms with Crippen LogP contribution in [0.4, 0.5) is 0 Å². The molecule has 0 aromatic heterocycles. The van der Waals surface area contributed by atoms with Crippen LogP contribution in [0.3, 0.4) is 0 Å². The molecule has 2 heterocycles. The molecule has 0 spiro atoms. The van der Waals surface area contributed by atoms with E-state index in [-0.39, 0.29) is 17.9 Å². The van der Waals surface area contributed by atoms with E-state index in [4.69, 9.17) is 0 Å². The van der Waals surface area contributed by atoms with E-state index in [0.717, 1.165) is 32.7 Å². The van der Waals surface area contributed by atoms with Gasteiger partial charge in [0.2, 0.25) is 11.8 Å². The summed E-state index contributed by atoms with van der Waals surface area (Å²) in [4.78, 5) is 30.2. The molecule has 0 radical (unpaired) electrons. The minimum atomic E-state index is -0.277. The molecule has 2 amide bonds. The predicted octanol–water partition coefficient (Wildman–Crippen LogP) is 1.12. The molecule has 0 aliphatic carbocycles. The zero-order chi connectivity index (χ0) is 16.2. The van der Waals surface area contributed by atoms with Gasteiger partial charge in [-0.1, -0.05) is 36.4 Å². The first-order valence-corrected chi connectivity index (χ1v) is 8.14. The van der Waals surface area contributed by atoms with Crippen LogP contribution in [0.2, 0.25) is 0 Å². The molecule has 2 aliphatic rings. The van der Waals surface area contributed by atoms with Gasteiger partial charge in [-0.05, 0) is 5.56 Å². The van der Waals surface area contributed by atoms with Crippen LogP contribution in [0.5, 0.6) is 0 Å². The van der Waals surface area contributed by atoms with Crippen LogP contribution in [0.25, 0.3) is 0 Å². The minimum absolute atomic E-state index is 0.0635. The van der Waals surface area contributed by atoms with Gasteiger partial charge in [-0.25, -0.2) is 0 Å². The summed E-state index contributed by atoms with van der Waals surface area (Å²) in [6.45, 7) is 8.39. The Kier molecular flexibility index (Phi) is 4.88. The van der Waals surface area contributed by atoms with Gasteiger partial charge in [0.1, 0.15) is 0 Å². The molecule has 0 N–H and O–H groups in total. The monoisotopic (exact) mass is 313 g/mol. The number of carbonyl (C=O) groups excluding carboxylic acids is 2.